The molecule has 0 saturated carbocycles. The Kier molecular flexibility index (Phi) is 7.46. The second-order valence-electron chi connectivity index (χ2n) is 7.40. The van der Waals surface area contributed by atoms with Crippen LogP contribution in [0.5, 0.6) is 0 Å². The van der Waals surface area contributed by atoms with Gasteiger partial charge in [-0.3, -0.25) is 14.9 Å². The molecule has 0 amide bonds. The highest BCUT2D eigenvalue weighted by molar-refractivity contribution is 9.10. The summed E-state index contributed by atoms with van der Waals surface area (Å²) < 4.78 is 48.8. The van der Waals surface area contributed by atoms with Crippen LogP contribution < -0.4 is 10.8 Å². The molecule has 0 bridgehead atoms. The smallest absolute Gasteiger partial charge is 0.338 e. The van der Waals surface area contributed by atoms with Crippen molar-refractivity contribution < 1.29 is 31.9 Å². The molecule has 176 valence electrons. The molecule has 0 unspecified atom stereocenters. The highest BCUT2D eigenvalue weighted by Gasteiger charge is 2.42. The van der Waals surface area contributed by atoms with E-state index in [4.69, 9.17) is 8.81 Å². The van der Waals surface area contributed by atoms with Crippen molar-refractivity contribution in [1.82, 2.24) is 20.1 Å². The molecule has 1 aliphatic rings. The number of β-amino-alcohol motifs (C(OH)–C–C–N with tert-alkyl or cyclic N) is 1. The minimum absolute atomic E-state index is 0.0119. The molecule has 15 heteroatoms. The Labute approximate surface area is 191 Å². The van der Waals surface area contributed by atoms with E-state index < -0.39 is 27.8 Å². The maximum atomic E-state index is 13.4. The van der Waals surface area contributed by atoms with E-state index in [1.807, 2.05) is 5.48 Å². The van der Waals surface area contributed by atoms with Crippen LogP contribution in [0.3, 0.4) is 0 Å². The number of amidine groups is 1. The zero-order valence-electron chi connectivity index (χ0n) is 17.1. The van der Waals surface area contributed by atoms with Crippen LogP contribution in [0.2, 0.25) is 0 Å². The SMILES string of the molecule is CC(C)OS(=O)(=O)N1CC[C@@](O)(CNc2nonc2C(=Nc2ccc(F)c(Br)c2)NO)C1. The predicted octanol–water partition coefficient (Wildman–Crippen LogP) is 1.55. The van der Waals surface area contributed by atoms with Gasteiger partial charge in [-0.2, -0.15) is 12.7 Å². The number of hydrogen-bond donors (Lipinski definition) is 4. The Morgan fingerprint density at radius 1 is 1.47 bits per heavy atom. The third kappa shape index (κ3) is 5.79. The van der Waals surface area contributed by atoms with Crippen LogP contribution in [0.1, 0.15) is 26.0 Å². The Hall–Kier alpha value is -2.17. The average Bonchev–Trinajstić information content (AvgIpc) is 3.34. The van der Waals surface area contributed by atoms with Crippen molar-refractivity contribution in [3.8, 4) is 0 Å². The van der Waals surface area contributed by atoms with Gasteiger partial charge in [0.25, 0.3) is 0 Å². The Morgan fingerprint density at radius 2 is 2.22 bits per heavy atom. The number of aromatic nitrogens is 2. The van der Waals surface area contributed by atoms with Crippen LogP contribution >= 0.6 is 15.9 Å². The summed E-state index contributed by atoms with van der Waals surface area (Å²) in [6, 6.07) is 3.97. The fraction of sp³-hybridized carbons (Fsp3) is 0.471. The molecule has 0 aliphatic carbocycles. The third-order valence-corrected chi connectivity index (χ3v) is 6.66. The fourth-order valence-corrected chi connectivity index (χ4v) is 4.67. The monoisotopic (exact) mass is 536 g/mol. The molecular weight excluding hydrogens is 515 g/mol. The first-order valence-electron chi connectivity index (χ1n) is 9.44. The molecule has 1 aliphatic heterocycles. The summed E-state index contributed by atoms with van der Waals surface area (Å²) in [4.78, 5) is 4.14. The summed E-state index contributed by atoms with van der Waals surface area (Å²) in [5.41, 5.74) is 0.758. The summed E-state index contributed by atoms with van der Waals surface area (Å²) in [7, 11) is -3.96. The minimum Gasteiger partial charge on any atom is -0.387 e. The van der Waals surface area contributed by atoms with E-state index in [0.29, 0.717) is 5.69 Å². The molecular formula is C17H22BrFN6O6S. The Bertz CT molecular complexity index is 1100. The standard InChI is InChI=1S/C17H22BrFN6O6S/c1-10(2)30-32(28,29)25-6-5-17(26,9-25)8-20-15-14(23-31-24-15)16(22-27)21-11-3-4-13(19)12(18)7-11/h3-4,7,10,26-27H,5-6,8-9H2,1-2H3,(H,20,24)(H,21,22)/t17-/m1/s1. The number of nitrogens with one attached hydrogen (secondary N) is 2. The first kappa shape index (κ1) is 24.5. The van der Waals surface area contributed by atoms with Crippen LogP contribution in [0.25, 0.3) is 0 Å². The molecule has 32 heavy (non-hydrogen) atoms. The molecule has 12 nitrogen and oxygen atoms in total. The summed E-state index contributed by atoms with van der Waals surface area (Å²) >= 11 is 3.05. The number of rotatable bonds is 8. The largest absolute Gasteiger partial charge is 0.387 e. The number of benzene rings is 1. The highest BCUT2D eigenvalue weighted by Crippen LogP contribution is 2.26. The van der Waals surface area contributed by atoms with Crippen LogP contribution in [-0.4, -0.2) is 70.5 Å². The summed E-state index contributed by atoms with van der Waals surface area (Å²) in [5, 5.41) is 30.5. The van der Waals surface area contributed by atoms with E-state index in [1.165, 1.54) is 18.2 Å². The number of anilines is 1. The molecule has 3 rings (SSSR count). The first-order valence-corrected chi connectivity index (χ1v) is 11.6. The number of nitrogens with zero attached hydrogens (tertiary/aromatic N) is 4. The second kappa shape index (κ2) is 9.76. The van der Waals surface area contributed by atoms with Crippen molar-refractivity contribution in [2.75, 3.05) is 25.0 Å². The summed E-state index contributed by atoms with van der Waals surface area (Å²) in [6.45, 7) is 3.00. The van der Waals surface area contributed by atoms with E-state index in [9.17, 15) is 23.1 Å². The zero-order valence-corrected chi connectivity index (χ0v) is 19.5. The van der Waals surface area contributed by atoms with Gasteiger partial charge in [0.1, 0.15) is 5.82 Å². The fourth-order valence-electron chi connectivity index (χ4n) is 2.98. The highest BCUT2D eigenvalue weighted by atomic mass is 79.9. The maximum absolute atomic E-state index is 13.4. The van der Waals surface area contributed by atoms with Gasteiger partial charge in [0.05, 0.1) is 21.9 Å². The van der Waals surface area contributed by atoms with Crippen molar-refractivity contribution in [1.29, 1.82) is 0 Å². The van der Waals surface area contributed by atoms with Crippen LogP contribution in [0.15, 0.2) is 32.3 Å². The van der Waals surface area contributed by atoms with Crippen molar-refractivity contribution in [2.45, 2.75) is 32.0 Å². The van der Waals surface area contributed by atoms with Gasteiger partial charge in [-0.05, 0) is 64.7 Å². The zero-order chi connectivity index (χ0) is 23.5. The predicted molar refractivity (Wildman–Crippen MR) is 114 cm³/mol. The Balaban J connectivity index is 1.72. The van der Waals surface area contributed by atoms with Crippen molar-refractivity contribution in [2.24, 2.45) is 4.99 Å². The lowest BCUT2D eigenvalue weighted by Gasteiger charge is -2.23. The van der Waals surface area contributed by atoms with Gasteiger partial charge in [0, 0.05) is 19.6 Å². The number of hydrogen-bond acceptors (Lipinski definition) is 10. The average molecular weight is 537 g/mol. The minimum atomic E-state index is -3.96. The molecule has 1 fully saturated rings. The first-order chi connectivity index (χ1) is 15.0. The quantitative estimate of drug-likeness (QED) is 0.221. The van der Waals surface area contributed by atoms with Gasteiger partial charge in [-0.15, -0.1) is 0 Å². The van der Waals surface area contributed by atoms with E-state index in [-0.39, 0.29) is 47.9 Å². The molecule has 2 aromatic rings. The number of halogens is 2. The molecule has 2 heterocycles. The van der Waals surface area contributed by atoms with Gasteiger partial charge in [-0.25, -0.2) is 14.0 Å². The second-order valence-corrected chi connectivity index (χ2v) is 9.81. The topological polar surface area (TPSA) is 162 Å². The van der Waals surface area contributed by atoms with Crippen molar-refractivity contribution in [3.05, 3.63) is 34.2 Å². The molecule has 0 spiro atoms. The van der Waals surface area contributed by atoms with E-state index in [0.717, 1.165) is 4.31 Å². The molecule has 1 saturated heterocycles. The number of aliphatic imine (C=N–C) groups is 1. The summed E-state index contributed by atoms with van der Waals surface area (Å²) in [6.07, 6.45) is -0.370. The number of aliphatic hydroxyl groups is 1. The molecule has 1 aromatic heterocycles. The van der Waals surface area contributed by atoms with Crippen LogP contribution in [0.4, 0.5) is 15.9 Å². The third-order valence-electron chi connectivity index (χ3n) is 4.48. The molecule has 1 aromatic carbocycles. The van der Waals surface area contributed by atoms with Crippen LogP contribution in [0, 0.1) is 5.82 Å². The van der Waals surface area contributed by atoms with E-state index >= 15 is 0 Å². The van der Waals surface area contributed by atoms with Gasteiger partial charge in [-0.1, -0.05) is 0 Å². The van der Waals surface area contributed by atoms with Crippen molar-refractivity contribution >= 4 is 43.6 Å². The Morgan fingerprint density at radius 3 is 2.88 bits per heavy atom. The summed E-state index contributed by atoms with van der Waals surface area (Å²) in [5.74, 6) is -0.590. The van der Waals surface area contributed by atoms with Crippen LogP contribution in [-0.2, 0) is 14.5 Å². The van der Waals surface area contributed by atoms with Gasteiger partial charge in [0.2, 0.25) is 5.82 Å². The lowest BCUT2D eigenvalue weighted by molar-refractivity contribution is 0.0677. The maximum Gasteiger partial charge on any atom is 0.338 e. The molecule has 0 radical (unpaired) electrons. The van der Waals surface area contributed by atoms with E-state index in [1.54, 1.807) is 13.8 Å². The van der Waals surface area contributed by atoms with Gasteiger partial charge < -0.3 is 10.4 Å². The molecule has 4 N–H and O–H groups in total. The van der Waals surface area contributed by atoms with Crippen molar-refractivity contribution in [3.63, 3.8) is 0 Å². The number of hydroxylamine groups is 1. The normalized spacial score (nSPS) is 20.2. The molecule has 1 atom stereocenters. The van der Waals surface area contributed by atoms with Gasteiger partial charge in [0.15, 0.2) is 11.5 Å². The lowest BCUT2D eigenvalue weighted by Crippen LogP contribution is -2.42. The lowest BCUT2D eigenvalue weighted by atomic mass is 10.0. The van der Waals surface area contributed by atoms with E-state index in [2.05, 4.69) is 36.6 Å². The van der Waals surface area contributed by atoms with Gasteiger partial charge >= 0.3 is 10.3 Å².